The molecule has 0 amide bonds. The summed E-state index contributed by atoms with van der Waals surface area (Å²) in [6.07, 6.45) is 3.66. The lowest BCUT2D eigenvalue weighted by molar-refractivity contribution is -0.0268. The van der Waals surface area contributed by atoms with E-state index in [0.717, 1.165) is 19.8 Å². The Morgan fingerprint density at radius 1 is 1.47 bits per heavy atom. The first kappa shape index (κ1) is 12.5. The zero-order chi connectivity index (χ0) is 12.3. The van der Waals surface area contributed by atoms with Gasteiger partial charge in [-0.2, -0.15) is 0 Å². The molecule has 2 heterocycles. The number of rotatable bonds is 3. The van der Waals surface area contributed by atoms with Gasteiger partial charge in [-0.3, -0.25) is 9.88 Å². The third-order valence-corrected chi connectivity index (χ3v) is 3.32. The molecule has 0 aromatic carbocycles. The highest BCUT2D eigenvalue weighted by molar-refractivity contribution is 5.17. The monoisotopic (exact) mass is 235 g/mol. The average molecular weight is 235 g/mol. The quantitative estimate of drug-likeness (QED) is 0.855. The van der Waals surface area contributed by atoms with Crippen LogP contribution in [0.4, 0.5) is 0 Å². The first-order chi connectivity index (χ1) is 8.20. The van der Waals surface area contributed by atoms with E-state index in [9.17, 15) is 0 Å². The molecule has 1 aromatic heterocycles. The molecule has 4 nitrogen and oxygen atoms in total. The molecular formula is C13H21N3O. The summed E-state index contributed by atoms with van der Waals surface area (Å²) in [5.41, 5.74) is 7.40. The van der Waals surface area contributed by atoms with Crippen LogP contribution in [0.1, 0.15) is 25.5 Å². The van der Waals surface area contributed by atoms with Gasteiger partial charge in [0.1, 0.15) is 0 Å². The van der Waals surface area contributed by atoms with Crippen molar-refractivity contribution in [2.75, 3.05) is 19.8 Å². The van der Waals surface area contributed by atoms with Crippen LogP contribution < -0.4 is 5.73 Å². The Morgan fingerprint density at radius 2 is 2.18 bits per heavy atom. The van der Waals surface area contributed by atoms with Crippen LogP contribution in [-0.4, -0.2) is 41.7 Å². The van der Waals surface area contributed by atoms with Crippen LogP contribution in [0.3, 0.4) is 0 Å². The van der Waals surface area contributed by atoms with E-state index >= 15 is 0 Å². The highest BCUT2D eigenvalue weighted by Gasteiger charge is 2.29. The molecule has 1 aliphatic rings. The fraction of sp³-hybridized carbons (Fsp3) is 0.615. The first-order valence-corrected chi connectivity index (χ1v) is 6.19. The molecule has 0 spiro atoms. The highest BCUT2D eigenvalue weighted by atomic mass is 16.5. The second kappa shape index (κ2) is 5.58. The van der Waals surface area contributed by atoms with Crippen LogP contribution in [0.5, 0.6) is 0 Å². The molecule has 2 rings (SSSR count). The zero-order valence-corrected chi connectivity index (χ0v) is 10.5. The summed E-state index contributed by atoms with van der Waals surface area (Å²) in [4.78, 5) is 6.50. The second-order valence-electron chi connectivity index (χ2n) is 4.75. The van der Waals surface area contributed by atoms with Gasteiger partial charge in [-0.15, -0.1) is 0 Å². The standard InChI is InChI=1S/C13H21N3O/c1-10-9-17-8-7-16(10)13(11(2)14)12-3-5-15-6-4-12/h3-6,10-11,13H,7-9,14H2,1-2H3. The summed E-state index contributed by atoms with van der Waals surface area (Å²) < 4.78 is 5.48. The predicted molar refractivity (Wildman–Crippen MR) is 67.6 cm³/mol. The van der Waals surface area contributed by atoms with Gasteiger partial charge in [0.15, 0.2) is 0 Å². The maximum Gasteiger partial charge on any atom is 0.0620 e. The molecule has 1 saturated heterocycles. The Balaban J connectivity index is 2.22. The van der Waals surface area contributed by atoms with Gasteiger partial charge < -0.3 is 10.5 Å². The van der Waals surface area contributed by atoms with Gasteiger partial charge >= 0.3 is 0 Å². The molecule has 17 heavy (non-hydrogen) atoms. The molecule has 0 bridgehead atoms. The predicted octanol–water partition coefficient (Wildman–Crippen LogP) is 1.19. The maximum absolute atomic E-state index is 6.16. The Labute approximate surface area is 103 Å². The number of hydrogen-bond acceptors (Lipinski definition) is 4. The Kier molecular flexibility index (Phi) is 4.10. The molecule has 3 unspecified atom stereocenters. The van der Waals surface area contributed by atoms with Gasteiger partial charge in [-0.05, 0) is 31.5 Å². The van der Waals surface area contributed by atoms with E-state index in [1.54, 1.807) is 0 Å². The van der Waals surface area contributed by atoms with Crippen LogP contribution in [0.15, 0.2) is 24.5 Å². The minimum atomic E-state index is 0.0953. The number of hydrogen-bond donors (Lipinski definition) is 1. The third-order valence-electron chi connectivity index (χ3n) is 3.32. The molecule has 3 atom stereocenters. The molecule has 94 valence electrons. The topological polar surface area (TPSA) is 51.4 Å². The maximum atomic E-state index is 6.16. The van der Waals surface area contributed by atoms with Crippen molar-refractivity contribution in [1.29, 1.82) is 0 Å². The molecule has 0 aliphatic carbocycles. The summed E-state index contributed by atoms with van der Waals surface area (Å²) >= 11 is 0. The molecule has 0 radical (unpaired) electrons. The number of nitrogens with two attached hydrogens (primary N) is 1. The van der Waals surface area contributed by atoms with Crippen molar-refractivity contribution in [3.63, 3.8) is 0 Å². The summed E-state index contributed by atoms with van der Waals surface area (Å²) in [5, 5.41) is 0. The number of pyridine rings is 1. The average Bonchev–Trinajstić information content (AvgIpc) is 2.33. The molecule has 4 heteroatoms. The first-order valence-electron chi connectivity index (χ1n) is 6.19. The minimum absolute atomic E-state index is 0.0953. The van der Waals surface area contributed by atoms with E-state index in [-0.39, 0.29) is 12.1 Å². The Morgan fingerprint density at radius 3 is 2.76 bits per heavy atom. The van der Waals surface area contributed by atoms with Gasteiger partial charge in [-0.1, -0.05) is 0 Å². The lowest BCUT2D eigenvalue weighted by atomic mass is 9.98. The van der Waals surface area contributed by atoms with Crippen LogP contribution in [0, 0.1) is 0 Å². The van der Waals surface area contributed by atoms with Crippen LogP contribution in [0.2, 0.25) is 0 Å². The van der Waals surface area contributed by atoms with Crippen molar-refractivity contribution in [3.05, 3.63) is 30.1 Å². The fourth-order valence-corrected chi connectivity index (χ4v) is 2.51. The van der Waals surface area contributed by atoms with E-state index in [1.165, 1.54) is 5.56 Å². The second-order valence-corrected chi connectivity index (χ2v) is 4.75. The summed E-state index contributed by atoms with van der Waals surface area (Å²) in [7, 11) is 0. The summed E-state index contributed by atoms with van der Waals surface area (Å²) in [6, 6.07) is 4.86. The van der Waals surface area contributed by atoms with Gasteiger partial charge in [0, 0.05) is 31.0 Å². The van der Waals surface area contributed by atoms with Crippen molar-refractivity contribution >= 4 is 0 Å². The van der Waals surface area contributed by atoms with Crippen molar-refractivity contribution in [2.45, 2.75) is 32.0 Å². The normalized spacial score (nSPS) is 25.5. The lowest BCUT2D eigenvalue weighted by Gasteiger charge is -2.41. The van der Waals surface area contributed by atoms with Gasteiger partial charge in [0.25, 0.3) is 0 Å². The third kappa shape index (κ3) is 2.83. The van der Waals surface area contributed by atoms with Crippen molar-refractivity contribution < 1.29 is 4.74 Å². The van der Waals surface area contributed by atoms with E-state index in [0.29, 0.717) is 6.04 Å². The van der Waals surface area contributed by atoms with Gasteiger partial charge in [0.05, 0.1) is 19.3 Å². The minimum Gasteiger partial charge on any atom is -0.379 e. The number of aromatic nitrogens is 1. The molecular weight excluding hydrogens is 214 g/mol. The van der Waals surface area contributed by atoms with Crippen LogP contribution in [-0.2, 0) is 4.74 Å². The number of nitrogens with zero attached hydrogens (tertiary/aromatic N) is 2. The number of ether oxygens (including phenoxy) is 1. The molecule has 2 N–H and O–H groups in total. The van der Waals surface area contributed by atoms with Gasteiger partial charge in [-0.25, -0.2) is 0 Å². The molecule has 0 saturated carbocycles. The fourth-order valence-electron chi connectivity index (χ4n) is 2.51. The molecule has 1 aromatic rings. The molecule has 1 aliphatic heterocycles. The van der Waals surface area contributed by atoms with Gasteiger partial charge in [0.2, 0.25) is 0 Å². The summed E-state index contributed by atoms with van der Waals surface area (Å²) in [6.45, 7) is 6.77. The van der Waals surface area contributed by atoms with Crippen LogP contribution >= 0.6 is 0 Å². The summed E-state index contributed by atoms with van der Waals surface area (Å²) in [5.74, 6) is 0. The zero-order valence-electron chi connectivity index (χ0n) is 10.5. The van der Waals surface area contributed by atoms with Crippen molar-refractivity contribution in [1.82, 2.24) is 9.88 Å². The Hall–Kier alpha value is -0.970. The largest absolute Gasteiger partial charge is 0.379 e. The smallest absolute Gasteiger partial charge is 0.0620 e. The van der Waals surface area contributed by atoms with Crippen LogP contribution in [0.25, 0.3) is 0 Å². The van der Waals surface area contributed by atoms with E-state index < -0.39 is 0 Å². The number of morpholine rings is 1. The van der Waals surface area contributed by atoms with E-state index in [2.05, 4.69) is 35.9 Å². The van der Waals surface area contributed by atoms with E-state index in [1.807, 2.05) is 12.4 Å². The van der Waals surface area contributed by atoms with E-state index in [4.69, 9.17) is 10.5 Å². The molecule has 1 fully saturated rings. The Bertz CT molecular complexity index is 342. The highest BCUT2D eigenvalue weighted by Crippen LogP contribution is 2.26. The van der Waals surface area contributed by atoms with Crippen molar-refractivity contribution in [2.24, 2.45) is 5.73 Å². The lowest BCUT2D eigenvalue weighted by Crippen LogP contribution is -2.50. The SMILES string of the molecule is CC(N)C(c1ccncc1)N1CCOCC1C. The van der Waals surface area contributed by atoms with Crippen molar-refractivity contribution in [3.8, 4) is 0 Å².